The first-order valence-electron chi connectivity index (χ1n) is 0. The molecule has 0 heterocycles. The first-order chi connectivity index (χ1) is 0. The minimum Gasteiger partial charge on any atom is 0 e. The summed E-state index contributed by atoms with van der Waals surface area (Å²) in [6.45, 7) is 0. The Morgan fingerprint density at radius 1 is 1.00 bits per heavy atom. The van der Waals surface area contributed by atoms with Gasteiger partial charge >= 0.3 is 0 Å². The van der Waals surface area contributed by atoms with Crippen molar-refractivity contribution in [2.45, 2.75) is 0 Å². The molecule has 0 aliphatic carbocycles. The Bertz CT molecular complexity index is 8.00. The summed E-state index contributed by atoms with van der Waals surface area (Å²) in [5, 5.41) is 0. The molecule has 0 rings (SSSR count). The zero-order chi connectivity index (χ0) is 0. The van der Waals surface area contributed by atoms with E-state index in [4.69, 9.17) is 0 Å². The van der Waals surface area contributed by atoms with Gasteiger partial charge in [0, 0.05) is 84.9 Å². The van der Waals surface area contributed by atoms with Gasteiger partial charge in [-0.2, -0.15) is 0 Å². The molecule has 0 saturated heterocycles. The van der Waals surface area contributed by atoms with E-state index in [2.05, 4.69) is 0 Å². The predicted octanol–water partition coefficient (Wildman–Crippen LogP) is -0.0100. The third kappa shape index (κ3) is 8.84. The van der Waals surface area contributed by atoms with Gasteiger partial charge in [0.05, 0.1) is 0 Å². The van der Waals surface area contributed by atoms with E-state index in [-0.39, 0.29) is 84.9 Å². The molecule has 0 N–H and O–H groups in total. The van der Waals surface area contributed by atoms with Crippen LogP contribution in [0.15, 0.2) is 0 Å². The average Bonchev–Trinajstić information content (AvgIpc) is 0. The molecule has 0 bridgehead atoms. The molecule has 0 fully saturated rings. The smallest absolute Gasteiger partial charge is 0 e. The summed E-state index contributed by atoms with van der Waals surface area (Å²) < 4.78 is 0. The minimum absolute atomic E-state index is 0. The second-order valence-electron chi connectivity index (χ2n) is 0. The molecule has 0 unspecified atom stereocenters. The molecule has 0 amide bonds. The molecule has 0 aromatic carbocycles. The first-order valence-corrected chi connectivity index (χ1v) is 0. The van der Waals surface area contributed by atoms with Gasteiger partial charge in [-0.05, 0) is 0 Å². The number of hydrogen-bond donors (Lipinski definition) is 0. The topological polar surface area (TPSA) is 0 Å². The second-order valence-corrected chi connectivity index (χ2v) is 0. The van der Waals surface area contributed by atoms with Gasteiger partial charge < -0.3 is 0 Å². The van der Waals surface area contributed by atoms with E-state index in [1.807, 2.05) is 0 Å². The molecule has 0 aromatic rings. The summed E-state index contributed by atoms with van der Waals surface area (Å²) in [4.78, 5) is 0. The van der Waals surface area contributed by atoms with Gasteiger partial charge in [0.2, 0.25) is 0 Å². The SMILES string of the molecule is [Mo].[Re].[Ta].[W]. The van der Waals surface area contributed by atoms with E-state index in [0.717, 1.165) is 0 Å². The van der Waals surface area contributed by atoms with Crippen LogP contribution in [0, 0.1) is 0 Å². The van der Waals surface area contributed by atoms with Crippen molar-refractivity contribution in [3.63, 3.8) is 0 Å². The fourth-order valence-corrected chi connectivity index (χ4v) is 0. The third-order valence-electron chi connectivity index (χ3n) is 0. The van der Waals surface area contributed by atoms with Crippen molar-refractivity contribution in [3.8, 4) is 0 Å². The van der Waals surface area contributed by atoms with Crippen LogP contribution in [0.4, 0.5) is 0 Å². The largest absolute Gasteiger partial charge is 0 e. The van der Waals surface area contributed by atoms with Crippen molar-refractivity contribution in [1.82, 2.24) is 0 Å². The Hall–Kier alpha value is 2.78. The van der Waals surface area contributed by atoms with Crippen molar-refractivity contribution in [2.75, 3.05) is 0 Å². The van der Waals surface area contributed by atoms with E-state index in [9.17, 15) is 0 Å². The van der Waals surface area contributed by atoms with Crippen LogP contribution in [-0.2, 0) is 84.9 Å². The van der Waals surface area contributed by atoms with Crippen molar-refractivity contribution < 1.29 is 84.9 Å². The zero-order valence-corrected chi connectivity index (χ0v) is 12.5. The van der Waals surface area contributed by atoms with E-state index < -0.39 is 0 Å². The fourth-order valence-electron chi connectivity index (χ4n) is 0. The maximum atomic E-state index is 0. The van der Waals surface area contributed by atoms with Gasteiger partial charge in [-0.3, -0.25) is 0 Å². The van der Waals surface area contributed by atoms with E-state index >= 15 is 0 Å². The van der Waals surface area contributed by atoms with Gasteiger partial charge in [-0.25, -0.2) is 0 Å². The molecular formula is MoReTaW. The van der Waals surface area contributed by atoms with Crippen LogP contribution in [0.5, 0.6) is 0 Å². The van der Waals surface area contributed by atoms with Crippen molar-refractivity contribution in [3.05, 3.63) is 0 Å². The molecule has 2 radical (unpaired) electrons. The monoisotopic (exact) mass is 650 g/mol. The maximum Gasteiger partial charge on any atom is 0 e. The Morgan fingerprint density at radius 2 is 1.00 bits per heavy atom. The Labute approximate surface area is 83.6 Å². The van der Waals surface area contributed by atoms with Crippen LogP contribution in [-0.4, -0.2) is 0 Å². The quantitative estimate of drug-likeness (QED) is 0.325. The van der Waals surface area contributed by atoms with E-state index in [1.54, 1.807) is 0 Å². The number of rotatable bonds is 0. The molecule has 0 aliphatic heterocycles. The molecular weight excluding hydrogens is 647 g/mol. The standard InChI is InChI=1S/Mo.Re.Ta.W. The van der Waals surface area contributed by atoms with Crippen molar-refractivity contribution in [1.29, 1.82) is 0 Å². The molecule has 0 saturated carbocycles. The average molecular weight is 647 g/mol. The minimum atomic E-state index is 0. The van der Waals surface area contributed by atoms with Gasteiger partial charge in [0.1, 0.15) is 0 Å². The van der Waals surface area contributed by atoms with Crippen molar-refractivity contribution >= 4 is 0 Å². The molecule has 0 aromatic heterocycles. The summed E-state index contributed by atoms with van der Waals surface area (Å²) in [6.07, 6.45) is 0. The van der Waals surface area contributed by atoms with Crippen LogP contribution in [0.25, 0.3) is 0 Å². The summed E-state index contributed by atoms with van der Waals surface area (Å²) in [5.41, 5.74) is 0. The fraction of sp³-hybridized carbons (Fsp3) is 0. The molecule has 4 heavy (non-hydrogen) atoms. The van der Waals surface area contributed by atoms with Crippen LogP contribution in [0.2, 0.25) is 0 Å². The third-order valence-corrected chi connectivity index (χ3v) is 0. The van der Waals surface area contributed by atoms with Gasteiger partial charge in [0.15, 0.2) is 0 Å². The molecule has 0 spiro atoms. The van der Waals surface area contributed by atoms with Gasteiger partial charge in [0.25, 0.3) is 0 Å². The maximum absolute atomic E-state index is 0. The number of hydrogen-bond acceptors (Lipinski definition) is 0. The van der Waals surface area contributed by atoms with Gasteiger partial charge in [-0.15, -0.1) is 0 Å². The summed E-state index contributed by atoms with van der Waals surface area (Å²) in [6, 6.07) is 0. The molecule has 24 valence electrons. The summed E-state index contributed by atoms with van der Waals surface area (Å²) >= 11 is 0. The van der Waals surface area contributed by atoms with Crippen LogP contribution in [0.3, 0.4) is 0 Å². The molecule has 0 aliphatic rings. The second kappa shape index (κ2) is 17.1. The predicted molar refractivity (Wildman–Crippen MR) is 0 cm³/mol. The Balaban J connectivity index is 0. The van der Waals surface area contributed by atoms with Crippen molar-refractivity contribution in [2.24, 2.45) is 0 Å². The zero-order valence-electron chi connectivity index (χ0n) is 1.64. The molecule has 0 atom stereocenters. The summed E-state index contributed by atoms with van der Waals surface area (Å²) in [5.74, 6) is 0. The van der Waals surface area contributed by atoms with Gasteiger partial charge in [-0.1, -0.05) is 0 Å². The van der Waals surface area contributed by atoms with E-state index in [1.165, 1.54) is 0 Å². The summed E-state index contributed by atoms with van der Waals surface area (Å²) in [7, 11) is 0. The Morgan fingerprint density at radius 3 is 1.00 bits per heavy atom. The van der Waals surface area contributed by atoms with E-state index in [0.29, 0.717) is 0 Å². The molecule has 4 heteroatoms. The van der Waals surface area contributed by atoms with Crippen LogP contribution < -0.4 is 0 Å². The first kappa shape index (κ1) is 29.3. The normalized spacial score (nSPS) is 0. The molecule has 0 nitrogen and oxygen atoms in total. The van der Waals surface area contributed by atoms with Crippen LogP contribution >= 0.6 is 0 Å². The Kier molecular flexibility index (Phi) is 125. The van der Waals surface area contributed by atoms with Crippen LogP contribution in [0.1, 0.15) is 0 Å².